The van der Waals surface area contributed by atoms with E-state index in [-0.39, 0.29) is 12.1 Å². The zero-order valence-corrected chi connectivity index (χ0v) is 23.8. The monoisotopic (exact) mass is 582 g/mol. The van der Waals surface area contributed by atoms with E-state index in [1.54, 1.807) is 0 Å². The standard InChI is InChI=1S/C30H33ClF2N6O2/c1-19(32)29(40)38-13-11-37(12-14-38)28-23-9-10-39(26-8-4-6-20-5-3-7-24(31)27(20)26)17-25(23)34-30(35-28)41-18-22-15-21(33)16-36(22)2/h3-8,21-22H,1,9-18H2,2H3/t21-,22+/m1/s1. The molecule has 0 N–H and O–H groups in total. The number of piperazine rings is 1. The largest absolute Gasteiger partial charge is 0.462 e. The fourth-order valence-corrected chi connectivity index (χ4v) is 6.41. The van der Waals surface area contributed by atoms with E-state index in [9.17, 15) is 13.6 Å². The molecule has 41 heavy (non-hydrogen) atoms. The van der Waals surface area contributed by atoms with E-state index in [4.69, 9.17) is 26.3 Å². The topological polar surface area (TPSA) is 65.0 Å². The van der Waals surface area contributed by atoms with Gasteiger partial charge in [-0.3, -0.25) is 9.69 Å². The van der Waals surface area contributed by atoms with E-state index in [2.05, 4.69) is 34.6 Å². The number of halogens is 3. The minimum Gasteiger partial charge on any atom is -0.462 e. The highest BCUT2D eigenvalue weighted by Gasteiger charge is 2.32. The van der Waals surface area contributed by atoms with Gasteiger partial charge in [-0.25, -0.2) is 8.78 Å². The lowest BCUT2D eigenvalue weighted by Gasteiger charge is -2.38. The van der Waals surface area contributed by atoms with Crippen LogP contribution in [0.5, 0.6) is 6.01 Å². The van der Waals surface area contributed by atoms with Gasteiger partial charge in [0.2, 0.25) is 0 Å². The lowest BCUT2D eigenvalue weighted by atomic mass is 10.0. The third kappa shape index (κ3) is 5.55. The zero-order chi connectivity index (χ0) is 28.7. The molecular weight excluding hydrogens is 550 g/mol. The predicted octanol–water partition coefficient (Wildman–Crippen LogP) is 4.40. The van der Waals surface area contributed by atoms with Crippen LogP contribution in [-0.4, -0.2) is 90.8 Å². The summed E-state index contributed by atoms with van der Waals surface area (Å²) in [5.41, 5.74) is 2.94. The van der Waals surface area contributed by atoms with Crippen LogP contribution in [0.15, 0.2) is 48.8 Å². The summed E-state index contributed by atoms with van der Waals surface area (Å²) in [6.45, 7) is 6.85. The average molecular weight is 583 g/mol. The molecule has 0 spiro atoms. The Morgan fingerprint density at radius 1 is 1.10 bits per heavy atom. The highest BCUT2D eigenvalue weighted by atomic mass is 35.5. The number of alkyl halides is 1. The van der Waals surface area contributed by atoms with Gasteiger partial charge in [0.05, 0.1) is 17.3 Å². The first-order chi connectivity index (χ1) is 19.8. The highest BCUT2D eigenvalue weighted by molar-refractivity contribution is 6.36. The molecule has 2 saturated heterocycles. The van der Waals surface area contributed by atoms with Crippen LogP contribution < -0.4 is 14.5 Å². The summed E-state index contributed by atoms with van der Waals surface area (Å²) >= 11 is 6.65. The number of carbonyl (C=O) groups is 1. The van der Waals surface area contributed by atoms with Crippen molar-refractivity contribution in [2.75, 3.05) is 62.7 Å². The molecule has 1 aromatic heterocycles. The van der Waals surface area contributed by atoms with Gasteiger partial charge < -0.3 is 19.4 Å². The first kappa shape index (κ1) is 27.7. The van der Waals surface area contributed by atoms with Crippen LogP contribution >= 0.6 is 11.6 Å². The first-order valence-electron chi connectivity index (χ1n) is 14.0. The molecule has 8 nitrogen and oxygen atoms in total. The molecule has 0 bridgehead atoms. The van der Waals surface area contributed by atoms with Crippen molar-refractivity contribution < 1.29 is 18.3 Å². The van der Waals surface area contributed by atoms with Crippen molar-refractivity contribution in [3.8, 4) is 6.01 Å². The van der Waals surface area contributed by atoms with Crippen LogP contribution in [-0.2, 0) is 17.8 Å². The van der Waals surface area contributed by atoms with Gasteiger partial charge in [-0.1, -0.05) is 42.4 Å². The molecule has 0 saturated carbocycles. The molecule has 3 aliphatic rings. The third-order valence-corrected chi connectivity index (χ3v) is 8.65. The second kappa shape index (κ2) is 11.4. The smallest absolute Gasteiger partial charge is 0.318 e. The molecule has 4 heterocycles. The summed E-state index contributed by atoms with van der Waals surface area (Å²) < 4.78 is 33.5. The summed E-state index contributed by atoms with van der Waals surface area (Å²) in [7, 11) is 1.90. The number of nitrogens with zero attached hydrogens (tertiary/aromatic N) is 6. The van der Waals surface area contributed by atoms with Gasteiger partial charge in [-0.05, 0) is 37.4 Å². The van der Waals surface area contributed by atoms with Crippen molar-refractivity contribution in [1.82, 2.24) is 19.8 Å². The summed E-state index contributed by atoms with van der Waals surface area (Å²) in [6.07, 6.45) is 0.259. The number of fused-ring (bicyclic) bond motifs is 2. The number of aromatic nitrogens is 2. The predicted molar refractivity (Wildman–Crippen MR) is 156 cm³/mol. The summed E-state index contributed by atoms with van der Waals surface area (Å²) in [6, 6.07) is 12.3. The average Bonchev–Trinajstić information content (AvgIpc) is 3.31. The van der Waals surface area contributed by atoms with Gasteiger partial charge in [0.15, 0.2) is 5.83 Å². The molecule has 2 fully saturated rings. The molecular formula is C30H33ClF2N6O2. The van der Waals surface area contributed by atoms with Gasteiger partial charge in [-0.15, -0.1) is 0 Å². The maximum Gasteiger partial charge on any atom is 0.318 e. The Balaban J connectivity index is 1.30. The maximum absolute atomic E-state index is 14.0. The normalized spacial score (nSPS) is 21.3. The van der Waals surface area contributed by atoms with Crippen LogP contribution in [0.3, 0.4) is 0 Å². The van der Waals surface area contributed by atoms with Crippen molar-refractivity contribution in [2.24, 2.45) is 0 Å². The number of amides is 1. The molecule has 2 aromatic carbocycles. The molecule has 0 aliphatic carbocycles. The van der Waals surface area contributed by atoms with E-state index < -0.39 is 17.9 Å². The lowest BCUT2D eigenvalue weighted by Crippen LogP contribution is -2.49. The highest BCUT2D eigenvalue weighted by Crippen LogP contribution is 2.37. The minimum absolute atomic E-state index is 0.0502. The zero-order valence-electron chi connectivity index (χ0n) is 23.0. The fraction of sp³-hybridized carbons (Fsp3) is 0.433. The van der Waals surface area contributed by atoms with Crippen LogP contribution in [0.2, 0.25) is 5.02 Å². The van der Waals surface area contributed by atoms with E-state index in [1.807, 2.05) is 30.1 Å². The number of likely N-dealkylation sites (N-methyl/N-ethyl adjacent to an activating group) is 1. The first-order valence-corrected chi connectivity index (χ1v) is 14.3. The molecule has 3 aromatic rings. The Morgan fingerprint density at radius 3 is 2.56 bits per heavy atom. The Hall–Kier alpha value is -3.50. The molecule has 11 heteroatoms. The number of hydrogen-bond donors (Lipinski definition) is 0. The second-order valence-electron chi connectivity index (χ2n) is 11.0. The number of benzene rings is 2. The molecule has 0 unspecified atom stereocenters. The number of carbonyl (C=O) groups excluding carboxylic acids is 1. The molecule has 6 rings (SSSR count). The van der Waals surface area contributed by atoms with E-state index >= 15 is 0 Å². The number of rotatable bonds is 6. The number of ether oxygens (including phenoxy) is 1. The number of anilines is 2. The van der Waals surface area contributed by atoms with Crippen LogP contribution in [0.4, 0.5) is 20.3 Å². The van der Waals surface area contributed by atoms with Crippen molar-refractivity contribution in [3.63, 3.8) is 0 Å². The number of hydrogen-bond acceptors (Lipinski definition) is 7. The molecule has 3 aliphatic heterocycles. The second-order valence-corrected chi connectivity index (χ2v) is 11.4. The van der Waals surface area contributed by atoms with Crippen LogP contribution in [0.25, 0.3) is 10.8 Å². The summed E-state index contributed by atoms with van der Waals surface area (Å²) in [5, 5.41) is 2.78. The molecule has 216 valence electrons. The van der Waals surface area contributed by atoms with Crippen molar-refractivity contribution in [1.29, 1.82) is 0 Å². The van der Waals surface area contributed by atoms with Gasteiger partial charge >= 0.3 is 6.01 Å². The van der Waals surface area contributed by atoms with Gasteiger partial charge in [0, 0.05) is 61.9 Å². The summed E-state index contributed by atoms with van der Waals surface area (Å²) in [4.78, 5) is 29.6. The quantitative estimate of drug-likeness (QED) is 0.399. The molecule has 2 atom stereocenters. The van der Waals surface area contributed by atoms with Gasteiger partial charge in [-0.2, -0.15) is 9.97 Å². The van der Waals surface area contributed by atoms with E-state index in [1.165, 1.54) is 4.90 Å². The lowest BCUT2D eigenvalue weighted by molar-refractivity contribution is -0.128. The Morgan fingerprint density at radius 2 is 1.85 bits per heavy atom. The van der Waals surface area contributed by atoms with Crippen molar-refractivity contribution in [2.45, 2.75) is 31.6 Å². The van der Waals surface area contributed by atoms with Gasteiger partial charge in [0.1, 0.15) is 18.6 Å². The van der Waals surface area contributed by atoms with Gasteiger partial charge in [0.25, 0.3) is 5.91 Å². The number of likely N-dealkylation sites (tertiary alicyclic amines) is 1. The Bertz CT molecular complexity index is 1480. The molecule has 1 amide bonds. The third-order valence-electron chi connectivity index (χ3n) is 8.34. The summed E-state index contributed by atoms with van der Waals surface area (Å²) in [5.74, 6) is -0.848. The van der Waals surface area contributed by atoms with Crippen molar-refractivity contribution in [3.05, 3.63) is 65.1 Å². The SMILES string of the molecule is C=C(F)C(=O)N1CCN(c2nc(OC[C@@H]3C[C@@H](F)CN3C)nc3c2CCN(c2cccc4cccc(Cl)c24)C3)CC1. The molecule has 0 radical (unpaired) electrons. The maximum atomic E-state index is 14.0. The fourth-order valence-electron chi connectivity index (χ4n) is 6.13. The van der Waals surface area contributed by atoms with E-state index in [0.717, 1.165) is 40.1 Å². The van der Waals surface area contributed by atoms with E-state index in [0.29, 0.717) is 63.7 Å². The Labute approximate surface area is 243 Å². The van der Waals surface area contributed by atoms with Crippen molar-refractivity contribution >= 4 is 39.8 Å². The van der Waals surface area contributed by atoms with Crippen LogP contribution in [0, 0.1) is 0 Å². The minimum atomic E-state index is -0.949. The Kier molecular flexibility index (Phi) is 7.70. The van der Waals surface area contributed by atoms with Crippen LogP contribution in [0.1, 0.15) is 17.7 Å².